The summed E-state index contributed by atoms with van der Waals surface area (Å²) in [6, 6.07) is 3.79. The van der Waals surface area contributed by atoms with Crippen LogP contribution in [-0.2, 0) is 0 Å². The first-order valence-electron chi connectivity index (χ1n) is 10.3. The van der Waals surface area contributed by atoms with Gasteiger partial charge in [0.25, 0.3) is 0 Å². The van der Waals surface area contributed by atoms with E-state index in [0.29, 0.717) is 43.4 Å². The highest BCUT2D eigenvalue weighted by atomic mass is 32.1. The molecule has 12 heteroatoms. The highest BCUT2D eigenvalue weighted by Crippen LogP contribution is 2.37. The standard InChI is InChI=1S/C20H23N7O4S/c1-12(2)17-23-19(30-25-17)14-6-8-26(9-7-14)18-16(27(28)29)20(22-11-21-18)31-24-13(3)15-5-4-10-32-15/h4-5,10-12,14H,6-9H2,1-3H3. The van der Waals surface area contributed by atoms with Crippen molar-refractivity contribution in [2.75, 3.05) is 18.0 Å². The third-order valence-corrected chi connectivity index (χ3v) is 6.19. The Morgan fingerprint density at radius 2 is 2.16 bits per heavy atom. The van der Waals surface area contributed by atoms with Gasteiger partial charge in [0.1, 0.15) is 6.33 Å². The molecule has 4 heterocycles. The fourth-order valence-electron chi connectivity index (χ4n) is 3.44. The Balaban J connectivity index is 1.50. The minimum atomic E-state index is -0.528. The van der Waals surface area contributed by atoms with Crippen LogP contribution in [0.4, 0.5) is 11.5 Å². The van der Waals surface area contributed by atoms with E-state index >= 15 is 0 Å². The molecule has 0 N–H and O–H groups in total. The van der Waals surface area contributed by atoms with Gasteiger partial charge in [0.15, 0.2) is 5.82 Å². The van der Waals surface area contributed by atoms with Gasteiger partial charge in [-0.25, -0.2) is 4.98 Å². The van der Waals surface area contributed by atoms with E-state index in [-0.39, 0.29) is 29.2 Å². The molecular formula is C20H23N7O4S. The summed E-state index contributed by atoms with van der Waals surface area (Å²) in [5.41, 5.74) is 0.309. The van der Waals surface area contributed by atoms with Crippen molar-refractivity contribution >= 4 is 28.6 Å². The maximum Gasteiger partial charge on any atom is 0.375 e. The average Bonchev–Trinajstić information content (AvgIpc) is 3.50. The second-order valence-corrected chi connectivity index (χ2v) is 8.71. The number of rotatable bonds is 7. The van der Waals surface area contributed by atoms with E-state index in [4.69, 9.17) is 9.36 Å². The molecule has 0 spiro atoms. The van der Waals surface area contributed by atoms with E-state index in [0.717, 1.165) is 4.88 Å². The number of aromatic nitrogens is 4. The van der Waals surface area contributed by atoms with Crippen LogP contribution in [0.3, 0.4) is 0 Å². The normalized spacial score (nSPS) is 15.4. The molecule has 0 saturated carbocycles. The lowest BCUT2D eigenvalue weighted by Gasteiger charge is -2.30. The van der Waals surface area contributed by atoms with Gasteiger partial charge in [-0.05, 0) is 31.2 Å². The molecule has 1 aliphatic rings. The van der Waals surface area contributed by atoms with Gasteiger partial charge in [0.2, 0.25) is 11.7 Å². The van der Waals surface area contributed by atoms with Crippen LogP contribution in [0, 0.1) is 10.1 Å². The number of hydrogen-bond donors (Lipinski definition) is 0. The second kappa shape index (κ2) is 9.39. The van der Waals surface area contributed by atoms with Crippen LogP contribution in [0.25, 0.3) is 0 Å². The van der Waals surface area contributed by atoms with E-state index in [1.54, 1.807) is 6.92 Å². The lowest BCUT2D eigenvalue weighted by Crippen LogP contribution is -2.34. The van der Waals surface area contributed by atoms with Crippen LogP contribution in [0.1, 0.15) is 62.0 Å². The van der Waals surface area contributed by atoms with E-state index < -0.39 is 4.92 Å². The Hall–Kier alpha value is -3.41. The number of oxime groups is 1. The molecule has 0 bridgehead atoms. The van der Waals surface area contributed by atoms with Crippen molar-refractivity contribution in [3.05, 3.63) is 50.5 Å². The third kappa shape index (κ3) is 4.59. The summed E-state index contributed by atoms with van der Waals surface area (Å²) in [5, 5.41) is 21.8. The molecule has 1 saturated heterocycles. The molecule has 1 aliphatic heterocycles. The van der Waals surface area contributed by atoms with Gasteiger partial charge in [-0.15, -0.1) is 11.3 Å². The van der Waals surface area contributed by atoms with Crippen LogP contribution in [-0.4, -0.2) is 43.8 Å². The topological polar surface area (TPSA) is 133 Å². The van der Waals surface area contributed by atoms with Crippen molar-refractivity contribution in [3.8, 4) is 5.88 Å². The number of nitrogens with zero attached hydrogens (tertiary/aromatic N) is 7. The van der Waals surface area contributed by atoms with Crippen molar-refractivity contribution in [1.82, 2.24) is 20.1 Å². The predicted molar refractivity (Wildman–Crippen MR) is 118 cm³/mol. The van der Waals surface area contributed by atoms with Crippen molar-refractivity contribution in [2.45, 2.75) is 45.4 Å². The summed E-state index contributed by atoms with van der Waals surface area (Å²) in [5.74, 6) is 1.65. The molecule has 168 valence electrons. The van der Waals surface area contributed by atoms with Crippen molar-refractivity contribution in [1.29, 1.82) is 0 Å². The Bertz CT molecular complexity index is 1110. The first kappa shape index (κ1) is 21.8. The van der Waals surface area contributed by atoms with Gasteiger partial charge in [-0.3, -0.25) is 10.1 Å². The third-order valence-electron chi connectivity index (χ3n) is 5.22. The zero-order valence-electron chi connectivity index (χ0n) is 18.0. The summed E-state index contributed by atoms with van der Waals surface area (Å²) >= 11 is 1.50. The van der Waals surface area contributed by atoms with E-state index in [1.165, 1.54) is 17.7 Å². The molecule has 4 rings (SSSR count). The average molecular weight is 458 g/mol. The smallest absolute Gasteiger partial charge is 0.351 e. The molecule has 32 heavy (non-hydrogen) atoms. The van der Waals surface area contributed by atoms with Gasteiger partial charge in [0.05, 0.1) is 15.5 Å². The monoisotopic (exact) mass is 457 g/mol. The fraction of sp³-hybridized carbons (Fsp3) is 0.450. The Kier molecular flexibility index (Phi) is 6.40. The summed E-state index contributed by atoms with van der Waals surface area (Å²) in [6.45, 7) is 6.90. The molecule has 0 unspecified atom stereocenters. The first-order valence-corrected chi connectivity index (χ1v) is 11.1. The number of hydrogen-bond acceptors (Lipinski definition) is 11. The molecule has 1 fully saturated rings. The summed E-state index contributed by atoms with van der Waals surface area (Å²) in [6.07, 6.45) is 2.69. The molecule has 0 amide bonds. The van der Waals surface area contributed by atoms with Gasteiger partial charge in [0, 0.05) is 24.9 Å². The van der Waals surface area contributed by atoms with Crippen LogP contribution >= 0.6 is 11.3 Å². The predicted octanol–water partition coefficient (Wildman–Crippen LogP) is 4.14. The Labute approximate surface area is 188 Å². The molecule has 0 radical (unpaired) electrons. The zero-order valence-corrected chi connectivity index (χ0v) is 18.8. The maximum atomic E-state index is 11.9. The molecule has 11 nitrogen and oxygen atoms in total. The largest absolute Gasteiger partial charge is 0.375 e. The maximum absolute atomic E-state index is 11.9. The lowest BCUT2D eigenvalue weighted by molar-refractivity contribution is -0.385. The van der Waals surface area contributed by atoms with Gasteiger partial charge < -0.3 is 14.3 Å². The molecule has 3 aromatic heterocycles. The Morgan fingerprint density at radius 3 is 2.78 bits per heavy atom. The molecular weight excluding hydrogens is 434 g/mol. The fourth-order valence-corrected chi connectivity index (χ4v) is 4.11. The summed E-state index contributed by atoms with van der Waals surface area (Å²) in [4.78, 5) is 32.1. The lowest BCUT2D eigenvalue weighted by atomic mass is 9.96. The van der Waals surface area contributed by atoms with Crippen molar-refractivity contribution in [3.63, 3.8) is 0 Å². The van der Waals surface area contributed by atoms with Crippen molar-refractivity contribution < 1.29 is 14.3 Å². The molecule has 3 aromatic rings. The molecule has 0 atom stereocenters. The number of anilines is 1. The first-order chi connectivity index (χ1) is 15.4. The zero-order chi connectivity index (χ0) is 22.7. The minimum Gasteiger partial charge on any atom is -0.351 e. The number of thiophene rings is 1. The van der Waals surface area contributed by atoms with Crippen molar-refractivity contribution in [2.24, 2.45) is 5.16 Å². The SMILES string of the molecule is CC(=NOc1ncnc(N2CCC(c3nc(C(C)C)no3)CC2)c1[N+](=O)[O-])c1cccs1. The quantitative estimate of drug-likeness (QED) is 0.291. The molecule has 0 aromatic carbocycles. The molecule has 0 aliphatic carbocycles. The van der Waals surface area contributed by atoms with Crippen LogP contribution in [0.5, 0.6) is 5.88 Å². The van der Waals surface area contributed by atoms with E-state index in [2.05, 4.69) is 25.3 Å². The van der Waals surface area contributed by atoms with Crippen LogP contribution in [0.2, 0.25) is 0 Å². The highest BCUT2D eigenvalue weighted by Gasteiger charge is 2.33. The summed E-state index contributed by atoms with van der Waals surface area (Å²) in [7, 11) is 0. The van der Waals surface area contributed by atoms with Gasteiger partial charge >= 0.3 is 11.6 Å². The van der Waals surface area contributed by atoms with Gasteiger partial charge in [-0.2, -0.15) is 9.97 Å². The summed E-state index contributed by atoms with van der Waals surface area (Å²) < 4.78 is 5.43. The van der Waals surface area contributed by atoms with Crippen LogP contribution < -0.4 is 9.74 Å². The number of nitro groups is 1. The number of piperidine rings is 1. The van der Waals surface area contributed by atoms with E-state index in [9.17, 15) is 10.1 Å². The highest BCUT2D eigenvalue weighted by molar-refractivity contribution is 7.12. The second-order valence-electron chi connectivity index (χ2n) is 7.76. The van der Waals surface area contributed by atoms with Crippen LogP contribution in [0.15, 0.2) is 33.5 Å². The van der Waals surface area contributed by atoms with Gasteiger partial charge in [-0.1, -0.05) is 30.2 Å². The Morgan fingerprint density at radius 1 is 1.38 bits per heavy atom. The van der Waals surface area contributed by atoms with E-state index in [1.807, 2.05) is 36.3 Å². The minimum absolute atomic E-state index is 0.112.